The number of phenols is 1. The molecule has 2 nitrogen and oxygen atoms in total. The number of rotatable bonds is 1. The quantitative estimate of drug-likeness (QED) is 0.836. The van der Waals surface area contributed by atoms with Crippen molar-refractivity contribution in [3.05, 3.63) is 26.6 Å². The molecule has 0 aliphatic heterocycles. The van der Waals surface area contributed by atoms with Crippen LogP contribution in [-0.2, 0) is 0 Å². The van der Waals surface area contributed by atoms with Crippen molar-refractivity contribution >= 4 is 31.9 Å². The van der Waals surface area contributed by atoms with Gasteiger partial charge in [-0.05, 0) is 35.0 Å². The van der Waals surface area contributed by atoms with Gasteiger partial charge < -0.3 is 10.8 Å². The first-order valence-electron chi connectivity index (χ1n) is 3.46. The average Bonchev–Trinajstić information content (AvgIpc) is 1.97. The topological polar surface area (TPSA) is 46.2 Å². The Bertz CT molecular complexity index is 299. The van der Waals surface area contributed by atoms with Crippen molar-refractivity contribution in [2.45, 2.75) is 13.0 Å². The van der Waals surface area contributed by atoms with Crippen LogP contribution < -0.4 is 5.73 Å². The fourth-order valence-corrected chi connectivity index (χ4v) is 2.02. The first kappa shape index (κ1) is 10.0. The molecule has 0 aliphatic rings. The first-order chi connectivity index (χ1) is 5.54. The summed E-state index contributed by atoms with van der Waals surface area (Å²) in [6.45, 7) is 1.83. The lowest BCUT2D eigenvalue weighted by Crippen LogP contribution is -2.06. The molecule has 0 aliphatic carbocycles. The molecule has 0 radical (unpaired) electrons. The van der Waals surface area contributed by atoms with Crippen LogP contribution in [0, 0.1) is 0 Å². The van der Waals surface area contributed by atoms with E-state index >= 15 is 0 Å². The van der Waals surface area contributed by atoms with E-state index in [1.54, 1.807) is 6.07 Å². The molecule has 0 spiro atoms. The normalized spacial score (nSPS) is 13.0. The fraction of sp³-hybridized carbons (Fsp3) is 0.250. The van der Waals surface area contributed by atoms with Crippen LogP contribution in [0.15, 0.2) is 21.1 Å². The van der Waals surface area contributed by atoms with Crippen LogP contribution in [0.25, 0.3) is 0 Å². The van der Waals surface area contributed by atoms with Gasteiger partial charge in [0.2, 0.25) is 0 Å². The maximum Gasteiger partial charge on any atom is 0.135 e. The van der Waals surface area contributed by atoms with Crippen LogP contribution in [0.4, 0.5) is 0 Å². The molecule has 0 fully saturated rings. The summed E-state index contributed by atoms with van der Waals surface area (Å²) in [5, 5.41) is 9.59. The first-order valence-corrected chi connectivity index (χ1v) is 5.05. The summed E-state index contributed by atoms with van der Waals surface area (Å²) in [6.07, 6.45) is 0. The van der Waals surface area contributed by atoms with Gasteiger partial charge in [0.15, 0.2) is 0 Å². The summed E-state index contributed by atoms with van der Waals surface area (Å²) < 4.78 is 1.50. The molecule has 1 aromatic rings. The fourth-order valence-electron chi connectivity index (χ4n) is 0.990. The molecule has 0 heterocycles. The molecule has 0 saturated carbocycles. The van der Waals surface area contributed by atoms with Gasteiger partial charge in [-0.2, -0.15) is 0 Å². The van der Waals surface area contributed by atoms with Crippen molar-refractivity contribution in [3.8, 4) is 5.75 Å². The highest BCUT2D eigenvalue weighted by Crippen LogP contribution is 2.36. The molecule has 12 heavy (non-hydrogen) atoms. The van der Waals surface area contributed by atoms with E-state index in [1.165, 1.54) is 0 Å². The molecular formula is C8H9Br2NO. The summed E-state index contributed by atoms with van der Waals surface area (Å²) in [6, 6.07) is 3.44. The summed E-state index contributed by atoms with van der Waals surface area (Å²) in [5.74, 6) is 0.208. The Kier molecular flexibility index (Phi) is 3.15. The summed E-state index contributed by atoms with van der Waals surface area (Å²) >= 11 is 6.54. The molecule has 4 heteroatoms. The zero-order valence-electron chi connectivity index (χ0n) is 6.51. The molecule has 1 aromatic carbocycles. The highest BCUT2D eigenvalue weighted by atomic mass is 79.9. The maximum absolute atomic E-state index is 9.59. The van der Waals surface area contributed by atoms with Crippen molar-refractivity contribution in [1.82, 2.24) is 0 Å². The van der Waals surface area contributed by atoms with E-state index in [-0.39, 0.29) is 11.8 Å². The standard InChI is InChI=1S/C8H9Br2NO/c1-4(11)7-5(9)2-3-6(10)8(7)12/h2-4,12H,11H2,1H3/t4-/m1/s1. The van der Waals surface area contributed by atoms with E-state index in [1.807, 2.05) is 13.0 Å². The van der Waals surface area contributed by atoms with Crippen molar-refractivity contribution in [2.24, 2.45) is 5.73 Å². The lowest BCUT2D eigenvalue weighted by atomic mass is 10.1. The molecule has 0 aromatic heterocycles. The second-order valence-corrected chi connectivity index (χ2v) is 4.29. The van der Waals surface area contributed by atoms with Crippen LogP contribution >= 0.6 is 31.9 Å². The van der Waals surface area contributed by atoms with Crippen LogP contribution in [0.3, 0.4) is 0 Å². The van der Waals surface area contributed by atoms with E-state index in [0.717, 1.165) is 10.0 Å². The van der Waals surface area contributed by atoms with E-state index in [4.69, 9.17) is 5.73 Å². The number of nitrogens with two attached hydrogens (primary N) is 1. The molecule has 0 saturated heterocycles. The zero-order valence-corrected chi connectivity index (χ0v) is 9.68. The second kappa shape index (κ2) is 3.77. The number of benzene rings is 1. The van der Waals surface area contributed by atoms with Crippen molar-refractivity contribution in [2.75, 3.05) is 0 Å². The summed E-state index contributed by atoms with van der Waals surface area (Å²) in [7, 11) is 0. The van der Waals surface area contributed by atoms with Gasteiger partial charge >= 0.3 is 0 Å². The van der Waals surface area contributed by atoms with Crippen LogP contribution in [-0.4, -0.2) is 5.11 Å². The van der Waals surface area contributed by atoms with Crippen molar-refractivity contribution in [3.63, 3.8) is 0 Å². The molecule has 66 valence electrons. The second-order valence-electron chi connectivity index (χ2n) is 2.58. The third kappa shape index (κ3) is 1.81. The molecule has 1 atom stereocenters. The summed E-state index contributed by atoms with van der Waals surface area (Å²) in [5.41, 5.74) is 6.40. The highest BCUT2D eigenvalue weighted by molar-refractivity contribution is 9.11. The number of aromatic hydroxyl groups is 1. The predicted molar refractivity (Wildman–Crippen MR) is 56.1 cm³/mol. The molecule has 3 N–H and O–H groups in total. The highest BCUT2D eigenvalue weighted by Gasteiger charge is 2.12. The third-order valence-corrected chi connectivity index (χ3v) is 2.90. The van der Waals surface area contributed by atoms with Crippen molar-refractivity contribution in [1.29, 1.82) is 0 Å². The van der Waals surface area contributed by atoms with Gasteiger partial charge in [0.1, 0.15) is 5.75 Å². The lowest BCUT2D eigenvalue weighted by molar-refractivity contribution is 0.459. The van der Waals surface area contributed by atoms with Gasteiger partial charge in [-0.3, -0.25) is 0 Å². The smallest absolute Gasteiger partial charge is 0.135 e. The SMILES string of the molecule is C[C@@H](N)c1c(Br)ccc(Br)c1O. The number of hydrogen-bond acceptors (Lipinski definition) is 2. The molecule has 0 bridgehead atoms. The Morgan fingerprint density at radius 1 is 1.33 bits per heavy atom. The van der Waals surface area contributed by atoms with Crippen LogP contribution in [0.5, 0.6) is 5.75 Å². The van der Waals surface area contributed by atoms with Crippen LogP contribution in [0.2, 0.25) is 0 Å². The number of halogens is 2. The number of hydrogen-bond donors (Lipinski definition) is 2. The monoisotopic (exact) mass is 293 g/mol. The molecule has 0 amide bonds. The Labute approximate surface area is 88.0 Å². The predicted octanol–water partition coefficient (Wildman–Crippen LogP) is 2.94. The van der Waals surface area contributed by atoms with Gasteiger partial charge in [0, 0.05) is 16.1 Å². The maximum atomic E-state index is 9.59. The Morgan fingerprint density at radius 3 is 2.25 bits per heavy atom. The largest absolute Gasteiger partial charge is 0.506 e. The van der Waals surface area contributed by atoms with E-state index in [9.17, 15) is 5.11 Å². The zero-order chi connectivity index (χ0) is 9.30. The van der Waals surface area contributed by atoms with Gasteiger partial charge in [-0.15, -0.1) is 0 Å². The van der Waals surface area contributed by atoms with E-state index < -0.39 is 0 Å². The molecular weight excluding hydrogens is 286 g/mol. The molecule has 0 unspecified atom stereocenters. The van der Waals surface area contributed by atoms with Crippen molar-refractivity contribution < 1.29 is 5.11 Å². The van der Waals surface area contributed by atoms with Gasteiger partial charge in [0.05, 0.1) is 4.47 Å². The Balaban J connectivity index is 3.33. The molecule has 1 rings (SSSR count). The van der Waals surface area contributed by atoms with Gasteiger partial charge in [-0.25, -0.2) is 0 Å². The van der Waals surface area contributed by atoms with Gasteiger partial charge in [-0.1, -0.05) is 15.9 Å². The lowest BCUT2D eigenvalue weighted by Gasteiger charge is -2.11. The Morgan fingerprint density at radius 2 is 1.83 bits per heavy atom. The Hall–Kier alpha value is -0.0600. The van der Waals surface area contributed by atoms with Gasteiger partial charge in [0.25, 0.3) is 0 Å². The minimum Gasteiger partial charge on any atom is -0.506 e. The minimum absolute atomic E-state index is 0.183. The van der Waals surface area contributed by atoms with E-state index in [0.29, 0.717) is 4.47 Å². The minimum atomic E-state index is -0.183. The average molecular weight is 295 g/mol. The number of phenolic OH excluding ortho intramolecular Hbond substituents is 1. The van der Waals surface area contributed by atoms with E-state index in [2.05, 4.69) is 31.9 Å². The van der Waals surface area contributed by atoms with Crippen LogP contribution in [0.1, 0.15) is 18.5 Å². The summed E-state index contributed by atoms with van der Waals surface area (Å²) in [4.78, 5) is 0. The third-order valence-electron chi connectivity index (χ3n) is 1.57.